The lowest BCUT2D eigenvalue weighted by molar-refractivity contribution is -0.133. The number of aromatic nitrogens is 2. The molecule has 1 saturated carbocycles. The zero-order valence-electron chi connectivity index (χ0n) is 13.4. The predicted octanol–water partition coefficient (Wildman–Crippen LogP) is 2.58. The number of hydrogen-bond acceptors (Lipinski definition) is 5. The monoisotopic (exact) mass is 328 g/mol. The van der Waals surface area contributed by atoms with Crippen LogP contribution in [0.3, 0.4) is 0 Å². The molecular weight excluding hydrogens is 308 g/mol. The third-order valence-corrected chi connectivity index (χ3v) is 5.87. The minimum Gasteiger partial charge on any atom is -0.372 e. The highest BCUT2D eigenvalue weighted by molar-refractivity contribution is 7.12. The van der Waals surface area contributed by atoms with Gasteiger partial charge in [0.1, 0.15) is 5.82 Å². The molecule has 23 heavy (non-hydrogen) atoms. The molecule has 1 amide bonds. The van der Waals surface area contributed by atoms with Gasteiger partial charge in [-0.25, -0.2) is 0 Å². The van der Waals surface area contributed by atoms with Crippen molar-refractivity contribution < 1.29 is 4.79 Å². The molecule has 2 aromatic rings. The van der Waals surface area contributed by atoms with E-state index in [-0.39, 0.29) is 5.92 Å². The highest BCUT2D eigenvalue weighted by Crippen LogP contribution is 2.50. The molecule has 6 heteroatoms. The second kappa shape index (κ2) is 5.60. The molecule has 0 aromatic carbocycles. The molecule has 3 heterocycles. The number of anilines is 1. The van der Waals surface area contributed by atoms with Crippen LogP contribution in [0.25, 0.3) is 0 Å². The van der Waals surface area contributed by atoms with Crippen molar-refractivity contribution in [1.29, 1.82) is 0 Å². The second-order valence-electron chi connectivity index (χ2n) is 6.36. The van der Waals surface area contributed by atoms with Crippen LogP contribution in [-0.2, 0) is 17.8 Å². The number of nitrogens with one attached hydrogen (secondary N) is 1. The zero-order valence-corrected chi connectivity index (χ0v) is 14.2. The SMILES string of the molecule is CNc1cc2c(nn1)CCN(C(=O)[C@H]1C[C@H]1c1ccc(C)s1)C2. The summed E-state index contributed by atoms with van der Waals surface area (Å²) in [6, 6.07) is 6.34. The van der Waals surface area contributed by atoms with E-state index in [0.29, 0.717) is 18.4 Å². The van der Waals surface area contributed by atoms with E-state index < -0.39 is 0 Å². The number of carbonyl (C=O) groups excluding carboxylic acids is 1. The Morgan fingerprint density at radius 3 is 3.00 bits per heavy atom. The van der Waals surface area contributed by atoms with Crippen LogP contribution in [0.15, 0.2) is 18.2 Å². The number of fused-ring (bicyclic) bond motifs is 1. The van der Waals surface area contributed by atoms with Gasteiger partial charge >= 0.3 is 0 Å². The summed E-state index contributed by atoms with van der Waals surface area (Å²) in [6.07, 6.45) is 1.80. The maximum absolute atomic E-state index is 12.8. The van der Waals surface area contributed by atoms with Gasteiger partial charge in [-0.3, -0.25) is 4.79 Å². The molecule has 4 rings (SSSR count). The fourth-order valence-corrected chi connectivity index (χ4v) is 4.36. The van der Waals surface area contributed by atoms with Crippen LogP contribution in [0.2, 0.25) is 0 Å². The summed E-state index contributed by atoms with van der Waals surface area (Å²) in [5.41, 5.74) is 2.14. The molecule has 0 radical (unpaired) electrons. The van der Waals surface area contributed by atoms with E-state index in [1.54, 1.807) is 0 Å². The van der Waals surface area contributed by atoms with E-state index in [1.165, 1.54) is 9.75 Å². The molecule has 120 valence electrons. The maximum atomic E-state index is 12.8. The summed E-state index contributed by atoms with van der Waals surface area (Å²) in [6.45, 7) is 3.53. The molecule has 1 aliphatic heterocycles. The van der Waals surface area contributed by atoms with Crippen molar-refractivity contribution in [3.05, 3.63) is 39.2 Å². The van der Waals surface area contributed by atoms with E-state index in [0.717, 1.165) is 36.5 Å². The second-order valence-corrected chi connectivity index (χ2v) is 7.68. The predicted molar refractivity (Wildman–Crippen MR) is 90.6 cm³/mol. The lowest BCUT2D eigenvalue weighted by atomic mass is 10.1. The van der Waals surface area contributed by atoms with E-state index in [4.69, 9.17) is 0 Å². The van der Waals surface area contributed by atoms with E-state index in [2.05, 4.69) is 34.6 Å². The minimum atomic E-state index is 0.174. The van der Waals surface area contributed by atoms with Gasteiger partial charge in [0.25, 0.3) is 0 Å². The Morgan fingerprint density at radius 2 is 2.26 bits per heavy atom. The molecule has 0 saturated heterocycles. The Kier molecular flexibility index (Phi) is 3.56. The van der Waals surface area contributed by atoms with Crippen LogP contribution in [0.4, 0.5) is 5.82 Å². The Hall–Kier alpha value is -1.95. The van der Waals surface area contributed by atoms with Crippen LogP contribution in [-0.4, -0.2) is 34.6 Å². The largest absolute Gasteiger partial charge is 0.372 e. The number of thiophene rings is 1. The van der Waals surface area contributed by atoms with Crippen LogP contribution in [0.5, 0.6) is 0 Å². The minimum absolute atomic E-state index is 0.174. The number of rotatable bonds is 3. The van der Waals surface area contributed by atoms with Gasteiger partial charge in [0.15, 0.2) is 0 Å². The zero-order chi connectivity index (χ0) is 16.0. The van der Waals surface area contributed by atoms with Gasteiger partial charge in [-0.1, -0.05) is 0 Å². The van der Waals surface area contributed by atoms with Crippen molar-refractivity contribution >= 4 is 23.1 Å². The van der Waals surface area contributed by atoms with Gasteiger partial charge in [0, 0.05) is 48.1 Å². The van der Waals surface area contributed by atoms with Crippen LogP contribution >= 0.6 is 11.3 Å². The summed E-state index contributed by atoms with van der Waals surface area (Å²) in [5, 5.41) is 11.4. The Labute approximate surface area is 139 Å². The fourth-order valence-electron chi connectivity index (χ4n) is 3.31. The highest BCUT2D eigenvalue weighted by Gasteiger charge is 2.46. The van der Waals surface area contributed by atoms with Crippen molar-refractivity contribution in [1.82, 2.24) is 15.1 Å². The summed E-state index contributed by atoms with van der Waals surface area (Å²) >= 11 is 1.82. The average molecular weight is 328 g/mol. The number of carbonyl (C=O) groups is 1. The number of amides is 1. The number of nitrogens with zero attached hydrogens (tertiary/aromatic N) is 3. The molecule has 2 aliphatic rings. The normalized spacial score (nSPS) is 22.6. The smallest absolute Gasteiger partial charge is 0.226 e. The molecule has 2 aromatic heterocycles. The van der Waals surface area contributed by atoms with Crippen molar-refractivity contribution in [3.8, 4) is 0 Å². The summed E-state index contributed by atoms with van der Waals surface area (Å²) in [7, 11) is 1.83. The standard InChI is InChI=1S/C17H20N4OS/c1-10-3-4-15(23-10)12-8-13(12)17(22)21-6-5-14-11(9-21)7-16(18-2)20-19-14/h3-4,7,12-13H,5-6,8-9H2,1-2H3,(H,18,20)/t12-,13+/m1/s1. The lowest BCUT2D eigenvalue weighted by Gasteiger charge is -2.28. The molecular formula is C17H20N4OS. The first-order valence-corrected chi connectivity index (χ1v) is 8.85. The van der Waals surface area contributed by atoms with Crippen LogP contribution in [0, 0.1) is 12.8 Å². The first kappa shape index (κ1) is 14.6. The summed E-state index contributed by atoms with van der Waals surface area (Å²) in [5.74, 6) is 1.67. The number of aryl methyl sites for hydroxylation is 1. The molecule has 0 spiro atoms. The molecule has 0 bridgehead atoms. The molecule has 5 nitrogen and oxygen atoms in total. The summed E-state index contributed by atoms with van der Waals surface area (Å²) in [4.78, 5) is 17.5. The van der Waals surface area contributed by atoms with Gasteiger partial charge < -0.3 is 10.2 Å². The molecule has 1 fully saturated rings. The average Bonchev–Trinajstić information content (AvgIpc) is 3.27. The van der Waals surface area contributed by atoms with Gasteiger partial charge in [0.2, 0.25) is 5.91 Å². The molecule has 1 aliphatic carbocycles. The van der Waals surface area contributed by atoms with Crippen LogP contribution < -0.4 is 5.32 Å². The van der Waals surface area contributed by atoms with Gasteiger partial charge in [0.05, 0.1) is 5.69 Å². The third kappa shape index (κ3) is 2.72. The Morgan fingerprint density at radius 1 is 1.39 bits per heavy atom. The molecule has 0 unspecified atom stereocenters. The molecule has 1 N–H and O–H groups in total. The molecule has 2 atom stereocenters. The maximum Gasteiger partial charge on any atom is 0.226 e. The van der Waals surface area contributed by atoms with Crippen molar-refractivity contribution in [3.63, 3.8) is 0 Å². The Balaban J connectivity index is 1.46. The number of hydrogen-bond donors (Lipinski definition) is 1. The van der Waals surface area contributed by atoms with Crippen molar-refractivity contribution in [2.45, 2.75) is 32.2 Å². The highest BCUT2D eigenvalue weighted by atomic mass is 32.1. The summed E-state index contributed by atoms with van der Waals surface area (Å²) < 4.78 is 0. The first-order chi connectivity index (χ1) is 11.2. The Bertz CT molecular complexity index is 757. The third-order valence-electron chi connectivity index (χ3n) is 4.74. The van der Waals surface area contributed by atoms with Crippen molar-refractivity contribution in [2.75, 3.05) is 18.9 Å². The van der Waals surface area contributed by atoms with Gasteiger partial charge in [-0.05, 0) is 37.1 Å². The first-order valence-electron chi connectivity index (χ1n) is 8.04. The topological polar surface area (TPSA) is 58.1 Å². The van der Waals surface area contributed by atoms with E-state index in [9.17, 15) is 4.79 Å². The van der Waals surface area contributed by atoms with Gasteiger partial charge in [-0.15, -0.1) is 16.4 Å². The quantitative estimate of drug-likeness (QED) is 0.941. The van der Waals surface area contributed by atoms with E-state index >= 15 is 0 Å². The van der Waals surface area contributed by atoms with Crippen LogP contribution in [0.1, 0.15) is 33.4 Å². The fraction of sp³-hybridized carbons (Fsp3) is 0.471. The lowest BCUT2D eigenvalue weighted by Crippen LogP contribution is -2.37. The van der Waals surface area contributed by atoms with Gasteiger partial charge in [-0.2, -0.15) is 5.10 Å². The van der Waals surface area contributed by atoms with E-state index in [1.807, 2.05) is 29.4 Å². The van der Waals surface area contributed by atoms with Crippen molar-refractivity contribution in [2.24, 2.45) is 5.92 Å².